The second-order valence-corrected chi connectivity index (χ2v) is 7.62. The van der Waals surface area contributed by atoms with E-state index in [1.807, 2.05) is 0 Å². The Morgan fingerprint density at radius 2 is 1.86 bits per heavy atom. The molecule has 3 nitrogen and oxygen atoms in total. The number of benzene rings is 1. The quantitative estimate of drug-likeness (QED) is 0.897. The van der Waals surface area contributed by atoms with E-state index >= 15 is 0 Å². The maximum atomic E-state index is 10.7. The van der Waals surface area contributed by atoms with E-state index in [4.69, 9.17) is 0 Å². The van der Waals surface area contributed by atoms with Crippen LogP contribution in [0.2, 0.25) is 0 Å². The maximum absolute atomic E-state index is 10.7. The molecule has 1 aromatic rings. The molecule has 0 unspecified atom stereocenters. The van der Waals surface area contributed by atoms with E-state index in [-0.39, 0.29) is 6.10 Å². The fraction of sp³-hybridized carbons (Fsp3) is 0.684. The molecule has 120 valence electrons. The van der Waals surface area contributed by atoms with Gasteiger partial charge in [-0.3, -0.25) is 4.90 Å². The molecule has 4 rings (SSSR count). The third kappa shape index (κ3) is 2.70. The van der Waals surface area contributed by atoms with Crippen molar-refractivity contribution in [3.8, 4) is 0 Å². The highest BCUT2D eigenvalue weighted by atomic mass is 16.3. The van der Waals surface area contributed by atoms with Crippen LogP contribution in [0.1, 0.15) is 44.1 Å². The van der Waals surface area contributed by atoms with Crippen molar-refractivity contribution in [1.29, 1.82) is 0 Å². The zero-order valence-corrected chi connectivity index (χ0v) is 13.2. The van der Waals surface area contributed by atoms with Gasteiger partial charge in [0.25, 0.3) is 0 Å². The normalized spacial score (nSPS) is 37.0. The summed E-state index contributed by atoms with van der Waals surface area (Å²) in [5.74, 6) is 0.675. The summed E-state index contributed by atoms with van der Waals surface area (Å²) in [5, 5.41) is 20.8. The van der Waals surface area contributed by atoms with Gasteiger partial charge in [-0.1, -0.05) is 30.3 Å². The van der Waals surface area contributed by atoms with Crippen molar-refractivity contribution < 1.29 is 10.2 Å². The first-order chi connectivity index (χ1) is 10.7. The van der Waals surface area contributed by atoms with Gasteiger partial charge < -0.3 is 10.2 Å². The predicted octanol–water partition coefficient (Wildman–Crippen LogP) is 2.36. The Hall–Kier alpha value is -0.900. The molecule has 3 aliphatic rings. The van der Waals surface area contributed by atoms with E-state index in [1.165, 1.54) is 5.56 Å². The molecule has 3 heteroatoms. The zero-order valence-electron chi connectivity index (χ0n) is 13.2. The van der Waals surface area contributed by atoms with Gasteiger partial charge in [-0.15, -0.1) is 0 Å². The highest BCUT2D eigenvalue weighted by Crippen LogP contribution is 2.50. The van der Waals surface area contributed by atoms with Crippen LogP contribution in [-0.4, -0.2) is 45.4 Å². The predicted molar refractivity (Wildman–Crippen MR) is 86.6 cm³/mol. The molecule has 1 aromatic carbocycles. The van der Waals surface area contributed by atoms with E-state index in [2.05, 4.69) is 35.2 Å². The number of fused-ring (bicyclic) bond motifs is 1. The summed E-state index contributed by atoms with van der Waals surface area (Å²) < 4.78 is 0. The van der Waals surface area contributed by atoms with Gasteiger partial charge in [0, 0.05) is 18.6 Å². The fourth-order valence-electron chi connectivity index (χ4n) is 4.74. The number of rotatable bonds is 4. The minimum Gasteiger partial charge on any atom is -0.393 e. The van der Waals surface area contributed by atoms with Crippen molar-refractivity contribution >= 4 is 0 Å². The first-order valence-corrected chi connectivity index (χ1v) is 8.86. The Balaban J connectivity index is 1.50. The number of hydrogen-bond donors (Lipinski definition) is 2. The van der Waals surface area contributed by atoms with E-state index in [9.17, 15) is 10.2 Å². The Morgan fingerprint density at radius 3 is 2.59 bits per heavy atom. The molecular weight excluding hydrogens is 274 g/mol. The Morgan fingerprint density at radius 1 is 1.09 bits per heavy atom. The third-order valence-corrected chi connectivity index (χ3v) is 6.16. The lowest BCUT2D eigenvalue weighted by molar-refractivity contribution is 0.0161. The lowest BCUT2D eigenvalue weighted by Crippen LogP contribution is -2.47. The van der Waals surface area contributed by atoms with E-state index in [1.54, 1.807) is 0 Å². The molecule has 2 N–H and O–H groups in total. The standard InChI is InChI=1S/C19H27NO2/c21-16-7-6-15-12-18(19(22)9-10-19)20(17(15)13-16)11-8-14-4-2-1-3-5-14/h1-5,15-18,21-22H,6-13H2/t15-,16-,17-,18+/m1/s1. The molecule has 0 bridgehead atoms. The minimum atomic E-state index is -0.432. The molecule has 0 aromatic heterocycles. The Kier molecular flexibility index (Phi) is 3.75. The van der Waals surface area contributed by atoms with E-state index in [0.717, 1.165) is 51.5 Å². The molecule has 2 aliphatic carbocycles. The van der Waals surface area contributed by atoms with Crippen molar-refractivity contribution in [2.45, 2.75) is 68.7 Å². The monoisotopic (exact) mass is 301 g/mol. The molecule has 0 amide bonds. The average molecular weight is 301 g/mol. The van der Waals surface area contributed by atoms with Crippen LogP contribution in [0.15, 0.2) is 30.3 Å². The average Bonchev–Trinajstić information content (AvgIpc) is 3.17. The van der Waals surface area contributed by atoms with Gasteiger partial charge in [-0.2, -0.15) is 0 Å². The molecule has 2 saturated carbocycles. The summed E-state index contributed by atoms with van der Waals surface area (Å²) in [6.45, 7) is 1.00. The topological polar surface area (TPSA) is 43.7 Å². The van der Waals surface area contributed by atoms with E-state index < -0.39 is 5.60 Å². The van der Waals surface area contributed by atoms with Gasteiger partial charge >= 0.3 is 0 Å². The molecule has 0 radical (unpaired) electrons. The van der Waals surface area contributed by atoms with Gasteiger partial charge in [0.1, 0.15) is 0 Å². The molecule has 3 fully saturated rings. The van der Waals surface area contributed by atoms with Crippen LogP contribution in [0.3, 0.4) is 0 Å². The number of aliphatic hydroxyl groups is 2. The first-order valence-electron chi connectivity index (χ1n) is 8.86. The van der Waals surface area contributed by atoms with Gasteiger partial charge in [0.05, 0.1) is 11.7 Å². The van der Waals surface area contributed by atoms with Gasteiger partial charge in [-0.25, -0.2) is 0 Å². The van der Waals surface area contributed by atoms with Crippen molar-refractivity contribution in [3.63, 3.8) is 0 Å². The molecular formula is C19H27NO2. The minimum absolute atomic E-state index is 0.145. The van der Waals surface area contributed by atoms with Crippen molar-refractivity contribution in [2.75, 3.05) is 6.54 Å². The maximum Gasteiger partial charge on any atom is 0.0804 e. The lowest BCUT2D eigenvalue weighted by atomic mass is 9.83. The fourth-order valence-corrected chi connectivity index (χ4v) is 4.74. The zero-order chi connectivity index (χ0) is 15.2. The number of likely N-dealkylation sites (tertiary alicyclic amines) is 1. The summed E-state index contributed by atoms with van der Waals surface area (Å²) in [6.07, 6.45) is 6.90. The highest BCUT2D eigenvalue weighted by Gasteiger charge is 2.56. The SMILES string of the molecule is O[C@@H]1CC[C@@H]2C[C@@H](C3(O)CC3)N(CCc3ccccc3)[C@@H]2C1. The highest BCUT2D eigenvalue weighted by molar-refractivity contribution is 5.16. The summed E-state index contributed by atoms with van der Waals surface area (Å²) in [5.41, 5.74) is 0.933. The van der Waals surface area contributed by atoms with Crippen LogP contribution in [0, 0.1) is 5.92 Å². The molecule has 22 heavy (non-hydrogen) atoms. The van der Waals surface area contributed by atoms with Crippen LogP contribution in [0.5, 0.6) is 0 Å². The molecule has 1 aliphatic heterocycles. The van der Waals surface area contributed by atoms with Crippen molar-refractivity contribution in [2.24, 2.45) is 5.92 Å². The molecule has 1 saturated heterocycles. The number of hydrogen-bond acceptors (Lipinski definition) is 3. The molecule has 0 spiro atoms. The molecule has 4 atom stereocenters. The van der Waals surface area contributed by atoms with Crippen LogP contribution in [0.4, 0.5) is 0 Å². The summed E-state index contributed by atoms with van der Waals surface area (Å²) in [6, 6.07) is 11.4. The smallest absolute Gasteiger partial charge is 0.0804 e. The number of aliphatic hydroxyl groups excluding tert-OH is 1. The van der Waals surface area contributed by atoms with Crippen LogP contribution in [0.25, 0.3) is 0 Å². The Labute approximate surface area is 133 Å². The van der Waals surface area contributed by atoms with Crippen LogP contribution in [-0.2, 0) is 6.42 Å². The van der Waals surface area contributed by atoms with Crippen LogP contribution < -0.4 is 0 Å². The van der Waals surface area contributed by atoms with Gasteiger partial charge in [0.2, 0.25) is 0 Å². The van der Waals surface area contributed by atoms with Crippen LogP contribution >= 0.6 is 0 Å². The van der Waals surface area contributed by atoms with Crippen molar-refractivity contribution in [1.82, 2.24) is 4.90 Å². The second kappa shape index (κ2) is 5.63. The van der Waals surface area contributed by atoms with Gasteiger partial charge in [-0.05, 0) is 56.4 Å². The summed E-state index contributed by atoms with van der Waals surface area (Å²) in [4.78, 5) is 2.55. The summed E-state index contributed by atoms with van der Waals surface area (Å²) >= 11 is 0. The molecule has 1 heterocycles. The third-order valence-electron chi connectivity index (χ3n) is 6.16. The van der Waals surface area contributed by atoms with E-state index in [0.29, 0.717) is 18.0 Å². The number of nitrogens with zero attached hydrogens (tertiary/aromatic N) is 1. The largest absolute Gasteiger partial charge is 0.393 e. The van der Waals surface area contributed by atoms with Gasteiger partial charge in [0.15, 0.2) is 0 Å². The lowest BCUT2D eigenvalue weighted by Gasteiger charge is -2.37. The Bertz CT molecular complexity index is 513. The second-order valence-electron chi connectivity index (χ2n) is 7.62. The van der Waals surface area contributed by atoms with Crippen molar-refractivity contribution in [3.05, 3.63) is 35.9 Å². The summed E-state index contributed by atoms with van der Waals surface area (Å²) in [7, 11) is 0. The first kappa shape index (κ1) is 14.7.